The summed E-state index contributed by atoms with van der Waals surface area (Å²) in [4.78, 5) is 33.8. The molecule has 9 heteroatoms. The van der Waals surface area contributed by atoms with Gasteiger partial charge in [-0.1, -0.05) is 18.6 Å². The molecule has 0 radical (unpaired) electrons. The first-order valence-corrected chi connectivity index (χ1v) is 10.1. The zero-order chi connectivity index (χ0) is 22.6. The van der Waals surface area contributed by atoms with Crippen molar-refractivity contribution in [3.63, 3.8) is 0 Å². The van der Waals surface area contributed by atoms with Crippen molar-refractivity contribution in [2.75, 3.05) is 38.6 Å². The molecule has 0 bridgehead atoms. The highest BCUT2D eigenvalue weighted by Crippen LogP contribution is 2.30. The third-order valence-electron chi connectivity index (χ3n) is 5.00. The average molecular weight is 428 g/mol. The smallest absolute Gasteiger partial charge is 0.270 e. The predicted octanol–water partition coefficient (Wildman–Crippen LogP) is 3.38. The van der Waals surface area contributed by atoms with E-state index in [1.165, 1.54) is 31.4 Å². The molecule has 2 N–H and O–H groups in total. The molecule has 1 fully saturated rings. The van der Waals surface area contributed by atoms with Gasteiger partial charge in [0.25, 0.3) is 11.6 Å². The molecule has 1 saturated heterocycles. The van der Waals surface area contributed by atoms with Crippen molar-refractivity contribution in [2.24, 2.45) is 0 Å². The zero-order valence-corrected chi connectivity index (χ0v) is 17.6. The highest BCUT2D eigenvalue weighted by Gasteiger charge is 2.18. The quantitative estimate of drug-likeness (QED) is 0.489. The standard InChI is InChI=1S/C21H26N4O4.CH2O/c1-29-20-8-4-3-7-19(20)23-18-10-9-16(25(27)28)15-17(18)21(26)22-11-14-24-12-5-2-6-13-24;1-2/h3-4,7-10,15,23H,2,5-6,11-14H2,1H3,(H,22,26);1H2. The number of amides is 1. The van der Waals surface area contributed by atoms with Gasteiger partial charge in [0.05, 0.1) is 29.0 Å². The number of carbonyl (C=O) groups is 2. The molecule has 1 amide bonds. The number of benzene rings is 2. The third kappa shape index (κ3) is 6.78. The van der Waals surface area contributed by atoms with Crippen molar-refractivity contribution in [1.29, 1.82) is 0 Å². The maximum absolute atomic E-state index is 12.8. The molecule has 2 aromatic rings. The van der Waals surface area contributed by atoms with E-state index in [0.717, 1.165) is 19.6 Å². The van der Waals surface area contributed by atoms with Gasteiger partial charge in [-0.2, -0.15) is 0 Å². The molecule has 0 atom stereocenters. The summed E-state index contributed by atoms with van der Waals surface area (Å²) >= 11 is 0. The number of carbonyl (C=O) groups excluding carboxylic acids is 2. The van der Waals surface area contributed by atoms with Gasteiger partial charge in [0.15, 0.2) is 0 Å². The van der Waals surface area contributed by atoms with Crippen LogP contribution < -0.4 is 15.4 Å². The first-order chi connectivity index (χ1) is 15.1. The SMILES string of the molecule is C=O.COc1ccccc1Nc1ccc([N+](=O)[O-])cc1C(=O)NCCN1CCCCC1. The van der Waals surface area contributed by atoms with Gasteiger partial charge >= 0.3 is 0 Å². The fourth-order valence-electron chi connectivity index (χ4n) is 3.44. The topological polar surface area (TPSA) is 114 Å². The van der Waals surface area contributed by atoms with Gasteiger partial charge in [0.2, 0.25) is 0 Å². The lowest BCUT2D eigenvalue weighted by Gasteiger charge is -2.26. The number of hydrogen-bond donors (Lipinski definition) is 2. The van der Waals surface area contributed by atoms with Crippen LogP contribution in [0, 0.1) is 10.1 Å². The monoisotopic (exact) mass is 428 g/mol. The number of anilines is 2. The van der Waals surface area contributed by atoms with Gasteiger partial charge in [0, 0.05) is 25.2 Å². The normalized spacial score (nSPS) is 13.5. The van der Waals surface area contributed by atoms with Gasteiger partial charge in [-0.25, -0.2) is 0 Å². The maximum atomic E-state index is 12.8. The van der Waals surface area contributed by atoms with Crippen LogP contribution in [0.15, 0.2) is 42.5 Å². The predicted molar refractivity (Wildman–Crippen MR) is 119 cm³/mol. The summed E-state index contributed by atoms with van der Waals surface area (Å²) in [5, 5.41) is 17.2. The van der Waals surface area contributed by atoms with E-state index in [-0.39, 0.29) is 17.2 Å². The number of para-hydroxylation sites is 2. The summed E-state index contributed by atoms with van der Waals surface area (Å²) in [7, 11) is 1.56. The van der Waals surface area contributed by atoms with Crippen LogP contribution in [0.2, 0.25) is 0 Å². The van der Waals surface area contributed by atoms with Gasteiger partial charge in [0.1, 0.15) is 12.5 Å². The average Bonchev–Trinajstić information content (AvgIpc) is 2.81. The number of likely N-dealkylation sites (tertiary alicyclic amines) is 1. The Hall–Kier alpha value is -3.46. The largest absolute Gasteiger partial charge is 0.495 e. The second kappa shape index (κ2) is 12.3. The summed E-state index contributed by atoms with van der Waals surface area (Å²) in [6, 6.07) is 11.5. The zero-order valence-electron chi connectivity index (χ0n) is 17.6. The van der Waals surface area contributed by atoms with Crippen molar-refractivity contribution in [3.8, 4) is 5.75 Å². The van der Waals surface area contributed by atoms with Crippen molar-refractivity contribution in [3.05, 3.63) is 58.1 Å². The molecule has 0 aromatic heterocycles. The molecule has 1 aliphatic rings. The Morgan fingerprint density at radius 2 is 1.84 bits per heavy atom. The second-order valence-corrected chi connectivity index (χ2v) is 6.97. The third-order valence-corrected chi connectivity index (χ3v) is 5.00. The van der Waals surface area contributed by atoms with E-state index in [0.29, 0.717) is 23.7 Å². The number of nitrogens with zero attached hydrogens (tertiary/aromatic N) is 2. The molecule has 9 nitrogen and oxygen atoms in total. The Morgan fingerprint density at radius 3 is 2.52 bits per heavy atom. The molecular weight excluding hydrogens is 400 g/mol. The number of non-ortho nitro benzene ring substituents is 1. The van der Waals surface area contributed by atoms with Crippen molar-refractivity contribution in [2.45, 2.75) is 19.3 Å². The number of hydrogen-bond acceptors (Lipinski definition) is 7. The molecule has 0 unspecified atom stereocenters. The highest BCUT2D eigenvalue weighted by atomic mass is 16.6. The van der Waals surface area contributed by atoms with Crippen LogP contribution in [-0.4, -0.2) is 55.8 Å². The molecule has 0 saturated carbocycles. The van der Waals surface area contributed by atoms with E-state index >= 15 is 0 Å². The number of nitro groups is 1. The van der Waals surface area contributed by atoms with Gasteiger partial charge in [-0.3, -0.25) is 14.9 Å². The first-order valence-electron chi connectivity index (χ1n) is 10.1. The van der Waals surface area contributed by atoms with Crippen molar-refractivity contribution < 1.29 is 19.2 Å². The summed E-state index contributed by atoms with van der Waals surface area (Å²) in [6.07, 6.45) is 3.63. The van der Waals surface area contributed by atoms with E-state index in [4.69, 9.17) is 9.53 Å². The van der Waals surface area contributed by atoms with E-state index in [1.807, 2.05) is 25.0 Å². The highest BCUT2D eigenvalue weighted by molar-refractivity contribution is 6.01. The number of methoxy groups -OCH3 is 1. The molecular formula is C22H28N4O5. The molecule has 2 aromatic carbocycles. The molecule has 1 aliphatic heterocycles. The van der Waals surface area contributed by atoms with Crippen molar-refractivity contribution in [1.82, 2.24) is 10.2 Å². The first kappa shape index (κ1) is 23.8. The number of nitro benzene ring substituents is 1. The number of ether oxygens (including phenoxy) is 1. The van der Waals surface area contributed by atoms with Gasteiger partial charge in [-0.05, 0) is 44.1 Å². The lowest BCUT2D eigenvalue weighted by Crippen LogP contribution is -2.37. The lowest BCUT2D eigenvalue weighted by molar-refractivity contribution is -0.384. The van der Waals surface area contributed by atoms with E-state index in [9.17, 15) is 14.9 Å². The minimum absolute atomic E-state index is 0.128. The Labute approximate surface area is 181 Å². The lowest BCUT2D eigenvalue weighted by atomic mass is 10.1. The van der Waals surface area contributed by atoms with E-state index in [2.05, 4.69) is 15.5 Å². The Balaban J connectivity index is 0.00000166. The maximum Gasteiger partial charge on any atom is 0.270 e. The van der Waals surface area contributed by atoms with E-state index < -0.39 is 4.92 Å². The van der Waals surface area contributed by atoms with Crippen LogP contribution >= 0.6 is 0 Å². The summed E-state index contributed by atoms with van der Waals surface area (Å²) in [5.74, 6) is 0.269. The Bertz CT molecular complexity index is 884. The fraction of sp³-hybridized carbons (Fsp3) is 0.364. The van der Waals surface area contributed by atoms with Crippen LogP contribution in [0.5, 0.6) is 5.75 Å². The van der Waals surface area contributed by atoms with E-state index in [1.54, 1.807) is 19.2 Å². The summed E-state index contributed by atoms with van der Waals surface area (Å²) < 4.78 is 5.34. The molecule has 166 valence electrons. The van der Waals surface area contributed by atoms with Crippen LogP contribution in [0.3, 0.4) is 0 Å². The molecule has 3 rings (SSSR count). The van der Waals surface area contributed by atoms with Crippen LogP contribution in [-0.2, 0) is 4.79 Å². The number of piperidine rings is 1. The van der Waals surface area contributed by atoms with Gasteiger partial charge in [-0.15, -0.1) is 0 Å². The summed E-state index contributed by atoms with van der Waals surface area (Å²) in [5.41, 5.74) is 1.25. The van der Waals surface area contributed by atoms with Crippen LogP contribution in [0.25, 0.3) is 0 Å². The minimum Gasteiger partial charge on any atom is -0.495 e. The van der Waals surface area contributed by atoms with Gasteiger partial charge < -0.3 is 25.1 Å². The Morgan fingerprint density at radius 1 is 1.13 bits per heavy atom. The van der Waals surface area contributed by atoms with Crippen LogP contribution in [0.4, 0.5) is 17.1 Å². The fourth-order valence-corrected chi connectivity index (χ4v) is 3.44. The number of rotatable bonds is 8. The minimum atomic E-state index is -0.503. The molecule has 1 heterocycles. The number of nitrogens with one attached hydrogen (secondary N) is 2. The van der Waals surface area contributed by atoms with Crippen molar-refractivity contribution >= 4 is 29.8 Å². The molecule has 0 spiro atoms. The molecule has 31 heavy (non-hydrogen) atoms. The molecule has 0 aliphatic carbocycles. The summed E-state index contributed by atoms with van der Waals surface area (Å²) in [6.45, 7) is 5.37. The second-order valence-electron chi connectivity index (χ2n) is 6.97. The van der Waals surface area contributed by atoms with Crippen LogP contribution in [0.1, 0.15) is 29.6 Å². The Kier molecular flexibility index (Phi) is 9.44.